The van der Waals surface area contributed by atoms with Crippen LogP contribution in [-0.2, 0) is 9.59 Å². The Morgan fingerprint density at radius 3 is 2.00 bits per heavy atom. The molecule has 0 saturated carbocycles. The van der Waals surface area contributed by atoms with Crippen LogP contribution >= 0.6 is 0 Å². The van der Waals surface area contributed by atoms with E-state index < -0.39 is 8.07 Å². The highest BCUT2D eigenvalue weighted by molar-refractivity contribution is 6.76. The summed E-state index contributed by atoms with van der Waals surface area (Å²) in [6, 6.07) is 0.948. The Kier molecular flexibility index (Phi) is 4.33. The summed E-state index contributed by atoms with van der Waals surface area (Å²) < 4.78 is 0. The molecule has 0 unspecified atom stereocenters. The third-order valence-corrected chi connectivity index (χ3v) is 3.69. The van der Waals surface area contributed by atoms with Gasteiger partial charge in [-0.1, -0.05) is 19.6 Å². The number of hydrogen-bond acceptors (Lipinski definition) is 2. The standard InChI is InChI=1S/C9H19NO2Si/c1-8(11)10(2)9(12)6-7-13(3,4)5/h6-7H2,1-5H3. The van der Waals surface area contributed by atoms with Crippen LogP contribution in [0, 0.1) is 0 Å². The van der Waals surface area contributed by atoms with E-state index >= 15 is 0 Å². The number of rotatable bonds is 3. The van der Waals surface area contributed by atoms with Gasteiger partial charge in [0.2, 0.25) is 11.8 Å². The lowest BCUT2D eigenvalue weighted by atomic mass is 10.4. The maximum atomic E-state index is 11.4. The van der Waals surface area contributed by atoms with Crippen molar-refractivity contribution >= 4 is 19.9 Å². The van der Waals surface area contributed by atoms with Crippen molar-refractivity contribution in [3.63, 3.8) is 0 Å². The molecule has 0 spiro atoms. The van der Waals surface area contributed by atoms with Crippen LogP contribution in [0.1, 0.15) is 13.3 Å². The zero-order chi connectivity index (χ0) is 10.6. The van der Waals surface area contributed by atoms with E-state index in [1.165, 1.54) is 18.9 Å². The Balaban J connectivity index is 3.96. The van der Waals surface area contributed by atoms with Crippen LogP contribution in [0.2, 0.25) is 25.7 Å². The fraction of sp³-hybridized carbons (Fsp3) is 0.778. The summed E-state index contributed by atoms with van der Waals surface area (Å²) in [4.78, 5) is 23.4. The van der Waals surface area contributed by atoms with Crippen molar-refractivity contribution in [1.29, 1.82) is 0 Å². The van der Waals surface area contributed by atoms with Crippen molar-refractivity contribution in [2.24, 2.45) is 0 Å². The van der Waals surface area contributed by atoms with Gasteiger partial charge < -0.3 is 0 Å². The van der Waals surface area contributed by atoms with Gasteiger partial charge in [0.25, 0.3) is 0 Å². The van der Waals surface area contributed by atoms with E-state index in [-0.39, 0.29) is 11.8 Å². The number of imide groups is 1. The van der Waals surface area contributed by atoms with Crippen molar-refractivity contribution < 1.29 is 9.59 Å². The lowest BCUT2D eigenvalue weighted by Gasteiger charge is -2.17. The van der Waals surface area contributed by atoms with E-state index in [1.807, 2.05) is 0 Å². The summed E-state index contributed by atoms with van der Waals surface area (Å²) in [7, 11) is 0.377. The SMILES string of the molecule is CC(=O)N(C)C(=O)CC[Si](C)(C)C. The lowest BCUT2D eigenvalue weighted by molar-refractivity contribution is -0.141. The first-order valence-electron chi connectivity index (χ1n) is 4.51. The van der Waals surface area contributed by atoms with Crippen LogP contribution in [0.25, 0.3) is 0 Å². The molecule has 2 amide bonds. The Labute approximate surface area is 81.1 Å². The molecule has 0 N–H and O–H groups in total. The van der Waals surface area contributed by atoms with Crippen LogP contribution in [0.5, 0.6) is 0 Å². The molecule has 3 nitrogen and oxygen atoms in total. The second-order valence-corrected chi connectivity index (χ2v) is 10.2. The average Bonchev–Trinajstić information content (AvgIpc) is 1.97. The smallest absolute Gasteiger partial charge is 0.228 e. The number of amides is 2. The van der Waals surface area contributed by atoms with Gasteiger partial charge >= 0.3 is 0 Å². The normalized spacial score (nSPS) is 11.2. The molecule has 13 heavy (non-hydrogen) atoms. The van der Waals surface area contributed by atoms with Crippen molar-refractivity contribution in [3.05, 3.63) is 0 Å². The molecule has 0 bridgehead atoms. The first-order valence-corrected chi connectivity index (χ1v) is 8.22. The molecule has 4 heteroatoms. The van der Waals surface area contributed by atoms with E-state index in [0.29, 0.717) is 6.42 Å². The van der Waals surface area contributed by atoms with Crippen molar-refractivity contribution in [2.45, 2.75) is 39.0 Å². The van der Waals surface area contributed by atoms with E-state index in [9.17, 15) is 9.59 Å². The fourth-order valence-corrected chi connectivity index (χ4v) is 1.79. The predicted octanol–water partition coefficient (Wildman–Crippen LogP) is 1.72. The highest BCUT2D eigenvalue weighted by Crippen LogP contribution is 2.11. The molecule has 0 heterocycles. The molecule has 0 aliphatic rings. The molecule has 0 aliphatic carbocycles. The summed E-state index contributed by atoms with van der Waals surface area (Å²) >= 11 is 0. The lowest BCUT2D eigenvalue weighted by Crippen LogP contribution is -2.32. The summed E-state index contributed by atoms with van der Waals surface area (Å²) in [5.41, 5.74) is 0. The molecule has 0 aliphatic heterocycles. The summed E-state index contributed by atoms with van der Waals surface area (Å²) in [6.45, 7) is 8.06. The van der Waals surface area contributed by atoms with Gasteiger partial charge in [0.15, 0.2) is 0 Å². The van der Waals surface area contributed by atoms with Gasteiger partial charge in [-0.3, -0.25) is 14.5 Å². The van der Waals surface area contributed by atoms with Gasteiger partial charge in [-0.15, -0.1) is 0 Å². The minimum Gasteiger partial charge on any atom is -0.286 e. The largest absolute Gasteiger partial charge is 0.286 e. The number of nitrogens with zero attached hydrogens (tertiary/aromatic N) is 1. The predicted molar refractivity (Wildman–Crippen MR) is 56.2 cm³/mol. The monoisotopic (exact) mass is 201 g/mol. The highest BCUT2D eigenvalue weighted by Gasteiger charge is 2.18. The molecule has 0 rings (SSSR count). The maximum absolute atomic E-state index is 11.4. The van der Waals surface area contributed by atoms with Crippen LogP contribution in [0.15, 0.2) is 0 Å². The molecule has 0 aromatic rings. The fourth-order valence-electron chi connectivity index (χ4n) is 0.825. The highest BCUT2D eigenvalue weighted by atomic mass is 28.3. The van der Waals surface area contributed by atoms with Crippen LogP contribution in [0.4, 0.5) is 0 Å². The topological polar surface area (TPSA) is 37.4 Å². The van der Waals surface area contributed by atoms with Crippen LogP contribution < -0.4 is 0 Å². The van der Waals surface area contributed by atoms with Crippen molar-refractivity contribution in [3.8, 4) is 0 Å². The van der Waals surface area contributed by atoms with E-state index in [0.717, 1.165) is 6.04 Å². The summed E-state index contributed by atoms with van der Waals surface area (Å²) in [5, 5.41) is 0. The zero-order valence-electron chi connectivity index (χ0n) is 9.18. The summed E-state index contributed by atoms with van der Waals surface area (Å²) in [6.07, 6.45) is 0.506. The van der Waals surface area contributed by atoms with E-state index in [4.69, 9.17) is 0 Å². The number of carbonyl (C=O) groups is 2. The van der Waals surface area contributed by atoms with Gasteiger partial charge in [0.1, 0.15) is 0 Å². The Morgan fingerprint density at radius 2 is 1.69 bits per heavy atom. The van der Waals surface area contributed by atoms with Crippen molar-refractivity contribution in [1.82, 2.24) is 4.90 Å². The Bertz CT molecular complexity index is 208. The molecular weight excluding hydrogens is 182 g/mol. The number of hydrogen-bond donors (Lipinski definition) is 0. The van der Waals surface area contributed by atoms with E-state index in [2.05, 4.69) is 19.6 Å². The second kappa shape index (κ2) is 4.55. The first kappa shape index (κ1) is 12.4. The van der Waals surface area contributed by atoms with Gasteiger partial charge in [-0.2, -0.15) is 0 Å². The van der Waals surface area contributed by atoms with E-state index in [1.54, 1.807) is 0 Å². The van der Waals surface area contributed by atoms with Crippen LogP contribution in [-0.4, -0.2) is 31.8 Å². The Morgan fingerprint density at radius 1 is 1.23 bits per heavy atom. The van der Waals surface area contributed by atoms with Crippen LogP contribution in [0.3, 0.4) is 0 Å². The minimum absolute atomic E-state index is 0.0603. The zero-order valence-corrected chi connectivity index (χ0v) is 10.2. The minimum atomic E-state index is -1.16. The Hall–Kier alpha value is -0.643. The molecule has 0 radical (unpaired) electrons. The average molecular weight is 201 g/mol. The van der Waals surface area contributed by atoms with Gasteiger partial charge in [-0.25, -0.2) is 0 Å². The second-order valence-electron chi connectivity index (χ2n) is 4.53. The number of carbonyl (C=O) groups excluding carboxylic acids is 2. The maximum Gasteiger partial charge on any atom is 0.228 e. The van der Waals surface area contributed by atoms with Crippen molar-refractivity contribution in [2.75, 3.05) is 7.05 Å². The molecule has 0 aromatic heterocycles. The molecule has 76 valence electrons. The quantitative estimate of drug-likeness (QED) is 0.652. The third kappa shape index (κ3) is 5.57. The molecule has 0 saturated heterocycles. The first-order chi connectivity index (χ1) is 5.74. The van der Waals surface area contributed by atoms with Gasteiger partial charge in [0, 0.05) is 28.5 Å². The molecular formula is C9H19NO2Si. The molecule has 0 fully saturated rings. The van der Waals surface area contributed by atoms with Gasteiger partial charge in [-0.05, 0) is 6.04 Å². The molecule has 0 aromatic carbocycles. The third-order valence-electron chi connectivity index (χ3n) is 1.94. The molecule has 0 atom stereocenters. The van der Waals surface area contributed by atoms with Gasteiger partial charge in [0.05, 0.1) is 0 Å². The summed E-state index contributed by atoms with van der Waals surface area (Å²) in [5.74, 6) is -0.240.